The van der Waals surface area contributed by atoms with Gasteiger partial charge in [-0.3, -0.25) is 4.79 Å². The summed E-state index contributed by atoms with van der Waals surface area (Å²) in [6.45, 7) is 5.11. The zero-order valence-corrected chi connectivity index (χ0v) is 13.6. The second-order valence-corrected chi connectivity index (χ2v) is 6.27. The molecule has 2 rings (SSSR count). The second kappa shape index (κ2) is 6.93. The monoisotopic (exact) mass is 336 g/mol. The third kappa shape index (κ3) is 3.63. The molecule has 108 valence electrons. The normalized spacial score (nSPS) is 12.6. The van der Waals surface area contributed by atoms with E-state index in [1.165, 1.54) is 12.8 Å². The fourth-order valence-corrected chi connectivity index (χ4v) is 2.66. The van der Waals surface area contributed by atoms with Crippen LogP contribution in [0.25, 0.3) is 10.9 Å². The molecule has 2 N–H and O–H groups in total. The van der Waals surface area contributed by atoms with Crippen molar-refractivity contribution in [2.75, 3.05) is 6.54 Å². The summed E-state index contributed by atoms with van der Waals surface area (Å²) >= 11 is 3.45. The van der Waals surface area contributed by atoms with Crippen molar-refractivity contribution in [3.05, 3.63) is 34.4 Å². The molecule has 0 aliphatic rings. The van der Waals surface area contributed by atoms with E-state index < -0.39 is 0 Å². The molecule has 4 heteroatoms. The van der Waals surface area contributed by atoms with E-state index in [0.29, 0.717) is 11.5 Å². The van der Waals surface area contributed by atoms with Crippen LogP contribution < -0.4 is 5.32 Å². The van der Waals surface area contributed by atoms with Crippen molar-refractivity contribution in [2.45, 2.75) is 33.1 Å². The van der Waals surface area contributed by atoms with E-state index in [1.54, 1.807) is 6.20 Å². The SMILES string of the molecule is CCCC[C@H](C)CNC(=O)c1c[nH]c2ccc(Br)cc12. The highest BCUT2D eigenvalue weighted by molar-refractivity contribution is 9.10. The number of H-pyrrole nitrogens is 1. The Balaban J connectivity index is 2.02. The number of hydrogen-bond donors (Lipinski definition) is 2. The Labute approximate surface area is 128 Å². The van der Waals surface area contributed by atoms with E-state index in [-0.39, 0.29) is 5.91 Å². The largest absolute Gasteiger partial charge is 0.360 e. The first-order valence-corrected chi connectivity index (χ1v) is 7.96. The molecule has 0 fully saturated rings. The molecule has 1 atom stereocenters. The highest BCUT2D eigenvalue weighted by atomic mass is 79.9. The number of nitrogens with one attached hydrogen (secondary N) is 2. The van der Waals surface area contributed by atoms with E-state index >= 15 is 0 Å². The lowest BCUT2D eigenvalue weighted by atomic mass is 10.0. The Morgan fingerprint density at radius 2 is 2.25 bits per heavy atom. The molecule has 0 aliphatic heterocycles. The number of aromatic amines is 1. The van der Waals surface area contributed by atoms with E-state index in [4.69, 9.17) is 0 Å². The number of carbonyl (C=O) groups is 1. The minimum Gasteiger partial charge on any atom is -0.360 e. The molecule has 20 heavy (non-hydrogen) atoms. The summed E-state index contributed by atoms with van der Waals surface area (Å²) in [7, 11) is 0. The molecule has 0 bridgehead atoms. The first kappa shape index (κ1) is 15.1. The predicted molar refractivity (Wildman–Crippen MR) is 87.0 cm³/mol. The minimum absolute atomic E-state index is 0.00213. The molecule has 0 aliphatic carbocycles. The van der Waals surface area contributed by atoms with Crippen molar-refractivity contribution in [3.63, 3.8) is 0 Å². The summed E-state index contributed by atoms with van der Waals surface area (Å²) in [6, 6.07) is 5.91. The van der Waals surface area contributed by atoms with Crippen LogP contribution in [-0.2, 0) is 0 Å². The average molecular weight is 337 g/mol. The van der Waals surface area contributed by atoms with Gasteiger partial charge in [0.1, 0.15) is 0 Å². The van der Waals surface area contributed by atoms with Crippen LogP contribution in [0, 0.1) is 5.92 Å². The van der Waals surface area contributed by atoms with Gasteiger partial charge in [0.05, 0.1) is 5.56 Å². The van der Waals surface area contributed by atoms with Gasteiger partial charge in [-0.1, -0.05) is 42.6 Å². The van der Waals surface area contributed by atoms with Crippen molar-refractivity contribution in [1.29, 1.82) is 0 Å². The van der Waals surface area contributed by atoms with Gasteiger partial charge < -0.3 is 10.3 Å². The molecule has 1 amide bonds. The molecule has 1 aromatic heterocycles. The van der Waals surface area contributed by atoms with E-state index in [2.05, 4.69) is 40.1 Å². The smallest absolute Gasteiger partial charge is 0.253 e. The fourth-order valence-electron chi connectivity index (χ4n) is 2.30. The first-order chi connectivity index (χ1) is 9.61. The maximum atomic E-state index is 12.3. The van der Waals surface area contributed by atoms with Crippen LogP contribution in [0.1, 0.15) is 43.5 Å². The standard InChI is InChI=1S/C16H21BrN2O/c1-3-4-5-11(2)9-19-16(20)14-10-18-15-7-6-12(17)8-13(14)15/h6-8,10-11,18H,3-5,9H2,1-2H3,(H,19,20)/t11-/m0/s1. The summed E-state index contributed by atoms with van der Waals surface area (Å²) in [5, 5.41) is 3.99. The van der Waals surface area contributed by atoms with Crippen LogP contribution in [0.15, 0.2) is 28.9 Å². The minimum atomic E-state index is -0.00213. The first-order valence-electron chi connectivity index (χ1n) is 7.16. The maximum absolute atomic E-state index is 12.3. The number of unbranched alkanes of at least 4 members (excludes halogenated alkanes) is 1. The van der Waals surface area contributed by atoms with E-state index in [1.807, 2.05) is 18.2 Å². The predicted octanol–water partition coefficient (Wildman–Crippen LogP) is 4.49. The number of rotatable bonds is 6. The molecule has 1 aromatic carbocycles. The summed E-state index contributed by atoms with van der Waals surface area (Å²) in [4.78, 5) is 15.4. The molecule has 0 saturated heterocycles. The Morgan fingerprint density at radius 1 is 1.45 bits per heavy atom. The van der Waals surface area contributed by atoms with Crippen LogP contribution in [-0.4, -0.2) is 17.4 Å². The molecule has 1 heterocycles. The lowest BCUT2D eigenvalue weighted by Crippen LogP contribution is -2.28. The fraction of sp³-hybridized carbons (Fsp3) is 0.438. The molecule has 0 radical (unpaired) electrons. The van der Waals surface area contributed by atoms with Gasteiger partial charge in [-0.15, -0.1) is 0 Å². The highest BCUT2D eigenvalue weighted by Gasteiger charge is 2.13. The van der Waals surface area contributed by atoms with Gasteiger partial charge in [0.15, 0.2) is 0 Å². The van der Waals surface area contributed by atoms with Gasteiger partial charge in [-0.25, -0.2) is 0 Å². The summed E-state index contributed by atoms with van der Waals surface area (Å²) in [5.41, 5.74) is 1.70. The molecule has 0 unspecified atom stereocenters. The van der Waals surface area contributed by atoms with Crippen molar-refractivity contribution in [3.8, 4) is 0 Å². The van der Waals surface area contributed by atoms with Crippen molar-refractivity contribution in [2.24, 2.45) is 5.92 Å². The van der Waals surface area contributed by atoms with Crippen LogP contribution in [0.4, 0.5) is 0 Å². The lowest BCUT2D eigenvalue weighted by molar-refractivity contribution is 0.0949. The molecular formula is C16H21BrN2O. The van der Waals surface area contributed by atoms with Gasteiger partial charge >= 0.3 is 0 Å². The third-order valence-corrected chi connectivity index (χ3v) is 4.04. The van der Waals surface area contributed by atoms with Crippen molar-refractivity contribution < 1.29 is 4.79 Å². The molecule has 0 saturated carbocycles. The number of benzene rings is 1. The molecule has 3 nitrogen and oxygen atoms in total. The number of amides is 1. The van der Waals surface area contributed by atoms with Crippen LogP contribution in [0.5, 0.6) is 0 Å². The van der Waals surface area contributed by atoms with Crippen LogP contribution in [0.2, 0.25) is 0 Å². The maximum Gasteiger partial charge on any atom is 0.253 e. The Bertz CT molecular complexity index is 591. The Hall–Kier alpha value is -1.29. The zero-order valence-electron chi connectivity index (χ0n) is 12.0. The second-order valence-electron chi connectivity index (χ2n) is 5.35. The Kier molecular flexibility index (Phi) is 5.24. The summed E-state index contributed by atoms with van der Waals surface area (Å²) in [6.07, 6.45) is 5.37. The van der Waals surface area contributed by atoms with Crippen molar-refractivity contribution in [1.82, 2.24) is 10.3 Å². The van der Waals surface area contributed by atoms with Gasteiger partial charge in [0.2, 0.25) is 0 Å². The highest BCUT2D eigenvalue weighted by Crippen LogP contribution is 2.22. The Morgan fingerprint density at radius 3 is 3.00 bits per heavy atom. The number of aromatic nitrogens is 1. The lowest BCUT2D eigenvalue weighted by Gasteiger charge is -2.11. The average Bonchev–Trinajstić information content (AvgIpc) is 2.85. The van der Waals surface area contributed by atoms with E-state index in [9.17, 15) is 4.79 Å². The quantitative estimate of drug-likeness (QED) is 0.802. The van der Waals surface area contributed by atoms with Gasteiger partial charge in [0.25, 0.3) is 5.91 Å². The topological polar surface area (TPSA) is 44.9 Å². The van der Waals surface area contributed by atoms with Crippen molar-refractivity contribution >= 4 is 32.7 Å². The molecule has 0 spiro atoms. The number of fused-ring (bicyclic) bond motifs is 1. The van der Waals surface area contributed by atoms with Gasteiger partial charge in [-0.2, -0.15) is 0 Å². The van der Waals surface area contributed by atoms with Crippen LogP contribution >= 0.6 is 15.9 Å². The van der Waals surface area contributed by atoms with Gasteiger partial charge in [-0.05, 0) is 30.5 Å². The summed E-state index contributed by atoms with van der Waals surface area (Å²) < 4.78 is 0.981. The number of carbonyl (C=O) groups excluding carboxylic acids is 1. The molecular weight excluding hydrogens is 316 g/mol. The zero-order chi connectivity index (χ0) is 14.5. The third-order valence-electron chi connectivity index (χ3n) is 3.55. The number of halogens is 1. The summed E-state index contributed by atoms with van der Waals surface area (Å²) in [5.74, 6) is 0.522. The van der Waals surface area contributed by atoms with E-state index in [0.717, 1.165) is 28.3 Å². The van der Waals surface area contributed by atoms with Crippen LogP contribution in [0.3, 0.4) is 0 Å². The molecule has 2 aromatic rings. The van der Waals surface area contributed by atoms with Gasteiger partial charge in [0, 0.05) is 28.1 Å². The number of hydrogen-bond acceptors (Lipinski definition) is 1.